The summed E-state index contributed by atoms with van der Waals surface area (Å²) < 4.78 is 39.9. The summed E-state index contributed by atoms with van der Waals surface area (Å²) in [6.07, 6.45) is -2.72. The molecule has 0 aliphatic carbocycles. The Bertz CT molecular complexity index is 1170. The minimum atomic E-state index is -4.38. The van der Waals surface area contributed by atoms with Crippen molar-refractivity contribution in [2.75, 3.05) is 7.05 Å². The molecular formula is C19H16F3N5OS. The highest BCUT2D eigenvalue weighted by Gasteiger charge is 2.30. The van der Waals surface area contributed by atoms with Gasteiger partial charge in [0, 0.05) is 29.9 Å². The normalized spacial score (nSPS) is 11.9. The molecule has 3 aromatic heterocycles. The van der Waals surface area contributed by atoms with Gasteiger partial charge in [0.15, 0.2) is 4.96 Å². The fourth-order valence-electron chi connectivity index (χ4n) is 2.97. The van der Waals surface area contributed by atoms with E-state index in [9.17, 15) is 18.0 Å². The average molecular weight is 419 g/mol. The highest BCUT2D eigenvalue weighted by Crippen LogP contribution is 2.31. The third-order valence-electron chi connectivity index (χ3n) is 4.44. The Morgan fingerprint density at radius 3 is 2.62 bits per heavy atom. The van der Waals surface area contributed by atoms with Gasteiger partial charge in [-0.2, -0.15) is 18.3 Å². The van der Waals surface area contributed by atoms with Gasteiger partial charge < -0.3 is 4.90 Å². The molecule has 3 heterocycles. The van der Waals surface area contributed by atoms with Crippen molar-refractivity contribution >= 4 is 22.2 Å². The lowest BCUT2D eigenvalue weighted by molar-refractivity contribution is -0.137. The number of aromatic amines is 1. The summed E-state index contributed by atoms with van der Waals surface area (Å²) in [4.78, 5) is 19.4. The van der Waals surface area contributed by atoms with Gasteiger partial charge in [-0.3, -0.25) is 14.3 Å². The van der Waals surface area contributed by atoms with Crippen LogP contribution < -0.4 is 0 Å². The van der Waals surface area contributed by atoms with Crippen LogP contribution in [0.3, 0.4) is 0 Å². The number of benzene rings is 1. The second-order valence-electron chi connectivity index (χ2n) is 6.68. The number of carbonyl (C=O) groups is 1. The van der Waals surface area contributed by atoms with Crippen LogP contribution in [0.1, 0.15) is 27.4 Å². The van der Waals surface area contributed by atoms with E-state index in [1.54, 1.807) is 27.9 Å². The Morgan fingerprint density at radius 2 is 2.00 bits per heavy atom. The Hall–Kier alpha value is -3.14. The van der Waals surface area contributed by atoms with Crippen molar-refractivity contribution < 1.29 is 18.0 Å². The van der Waals surface area contributed by atoms with Gasteiger partial charge in [-0.15, -0.1) is 11.3 Å². The molecule has 6 nitrogen and oxygen atoms in total. The van der Waals surface area contributed by atoms with Crippen LogP contribution in [0.2, 0.25) is 0 Å². The number of aromatic nitrogens is 4. The number of H-pyrrole nitrogens is 1. The third-order valence-corrected chi connectivity index (χ3v) is 5.28. The van der Waals surface area contributed by atoms with E-state index in [0.717, 1.165) is 23.5 Å². The first-order valence-electron chi connectivity index (χ1n) is 8.63. The van der Waals surface area contributed by atoms with Crippen molar-refractivity contribution in [2.45, 2.75) is 19.6 Å². The number of amides is 1. The van der Waals surface area contributed by atoms with Crippen molar-refractivity contribution in [1.82, 2.24) is 24.5 Å². The van der Waals surface area contributed by atoms with Crippen molar-refractivity contribution in [2.24, 2.45) is 0 Å². The first-order chi connectivity index (χ1) is 13.7. The molecule has 0 saturated heterocycles. The first kappa shape index (κ1) is 19.2. The molecule has 0 aliphatic heterocycles. The number of halogens is 3. The summed E-state index contributed by atoms with van der Waals surface area (Å²) in [5.41, 5.74) is 2.44. The molecule has 150 valence electrons. The highest BCUT2D eigenvalue weighted by atomic mass is 32.1. The van der Waals surface area contributed by atoms with E-state index in [1.165, 1.54) is 23.5 Å². The average Bonchev–Trinajstić information content (AvgIpc) is 3.36. The number of nitrogens with one attached hydrogen (secondary N) is 1. The summed E-state index contributed by atoms with van der Waals surface area (Å²) in [5, 5.41) is 8.69. The molecule has 10 heteroatoms. The molecule has 1 N–H and O–H groups in total. The molecule has 0 radical (unpaired) electrons. The van der Waals surface area contributed by atoms with Gasteiger partial charge in [0.25, 0.3) is 5.91 Å². The zero-order valence-electron chi connectivity index (χ0n) is 15.5. The molecule has 0 unspecified atom stereocenters. The van der Waals surface area contributed by atoms with Crippen LogP contribution in [0.5, 0.6) is 0 Å². The van der Waals surface area contributed by atoms with Crippen LogP contribution in [0.25, 0.3) is 16.2 Å². The van der Waals surface area contributed by atoms with Crippen molar-refractivity contribution in [3.8, 4) is 11.3 Å². The fourth-order valence-corrected chi connectivity index (χ4v) is 3.82. The van der Waals surface area contributed by atoms with Crippen molar-refractivity contribution in [3.05, 3.63) is 64.6 Å². The zero-order valence-corrected chi connectivity index (χ0v) is 16.3. The molecule has 0 bridgehead atoms. The summed E-state index contributed by atoms with van der Waals surface area (Å²) in [5.74, 6) is -0.201. The molecule has 4 rings (SSSR count). The van der Waals surface area contributed by atoms with Gasteiger partial charge in [-0.25, -0.2) is 4.98 Å². The summed E-state index contributed by atoms with van der Waals surface area (Å²) in [6, 6.07) is 6.67. The Morgan fingerprint density at radius 1 is 1.28 bits per heavy atom. The van der Waals surface area contributed by atoms with Gasteiger partial charge in [0.05, 0.1) is 23.5 Å². The van der Waals surface area contributed by atoms with E-state index in [1.807, 2.05) is 13.0 Å². The maximum atomic E-state index is 12.9. The third kappa shape index (κ3) is 3.75. The topological polar surface area (TPSA) is 66.3 Å². The second-order valence-corrected chi connectivity index (χ2v) is 7.51. The van der Waals surface area contributed by atoms with E-state index in [-0.39, 0.29) is 5.91 Å². The maximum absolute atomic E-state index is 12.9. The molecule has 0 spiro atoms. The number of carbonyl (C=O) groups excluding carboxylic acids is 1. The van der Waals surface area contributed by atoms with Crippen LogP contribution >= 0.6 is 11.3 Å². The van der Waals surface area contributed by atoms with E-state index in [2.05, 4.69) is 15.2 Å². The first-order valence-corrected chi connectivity index (χ1v) is 9.51. The number of rotatable bonds is 4. The number of aryl methyl sites for hydroxylation is 1. The van der Waals surface area contributed by atoms with E-state index < -0.39 is 11.7 Å². The molecule has 1 amide bonds. The Balaban J connectivity index is 1.59. The molecule has 0 atom stereocenters. The standard InChI is InChI=1S/C19H16F3N5OS/c1-11-7-14(25-24-11)8-26(2)17(28)16-10-29-18-23-15(9-27(16)18)12-3-5-13(6-4-12)19(20,21)22/h3-7,9-10H,8H2,1-2H3,(H,24,25). The number of fused-ring (bicyclic) bond motifs is 1. The predicted octanol–water partition coefficient (Wildman–Crippen LogP) is 4.39. The Labute approximate surface area is 167 Å². The smallest absolute Gasteiger partial charge is 0.334 e. The molecule has 29 heavy (non-hydrogen) atoms. The van der Waals surface area contributed by atoms with Crippen LogP contribution in [0.15, 0.2) is 41.9 Å². The number of nitrogens with zero attached hydrogens (tertiary/aromatic N) is 4. The lowest BCUT2D eigenvalue weighted by Crippen LogP contribution is -2.27. The van der Waals surface area contributed by atoms with Gasteiger partial charge in [-0.1, -0.05) is 12.1 Å². The van der Waals surface area contributed by atoms with Gasteiger partial charge in [0.2, 0.25) is 0 Å². The van der Waals surface area contributed by atoms with Crippen LogP contribution in [-0.4, -0.2) is 37.4 Å². The number of thiazole rings is 1. The summed E-state index contributed by atoms with van der Waals surface area (Å²) >= 11 is 1.30. The van der Waals surface area contributed by atoms with Crippen molar-refractivity contribution in [1.29, 1.82) is 0 Å². The van der Waals surface area contributed by atoms with Crippen LogP contribution in [0.4, 0.5) is 13.2 Å². The van der Waals surface area contributed by atoms with Gasteiger partial charge in [-0.05, 0) is 25.1 Å². The van der Waals surface area contributed by atoms with Gasteiger partial charge >= 0.3 is 6.18 Å². The molecule has 1 aromatic carbocycles. The number of hydrogen-bond acceptors (Lipinski definition) is 4. The summed E-state index contributed by atoms with van der Waals surface area (Å²) in [7, 11) is 1.68. The number of hydrogen-bond donors (Lipinski definition) is 1. The maximum Gasteiger partial charge on any atom is 0.416 e. The van der Waals surface area contributed by atoms with E-state index in [0.29, 0.717) is 28.5 Å². The van der Waals surface area contributed by atoms with Crippen LogP contribution in [-0.2, 0) is 12.7 Å². The van der Waals surface area contributed by atoms with Crippen molar-refractivity contribution in [3.63, 3.8) is 0 Å². The molecule has 0 aliphatic rings. The lowest BCUT2D eigenvalue weighted by Gasteiger charge is -2.15. The lowest BCUT2D eigenvalue weighted by atomic mass is 10.1. The molecule has 4 aromatic rings. The molecule has 0 fully saturated rings. The fraction of sp³-hybridized carbons (Fsp3) is 0.211. The Kier molecular flexibility index (Phi) is 4.65. The van der Waals surface area contributed by atoms with E-state index in [4.69, 9.17) is 0 Å². The molecular weight excluding hydrogens is 403 g/mol. The van der Waals surface area contributed by atoms with Crippen LogP contribution in [0, 0.1) is 6.92 Å². The minimum absolute atomic E-state index is 0.201. The zero-order chi connectivity index (χ0) is 20.8. The minimum Gasteiger partial charge on any atom is -0.334 e. The second kappa shape index (κ2) is 7.03. The largest absolute Gasteiger partial charge is 0.416 e. The van der Waals surface area contributed by atoms with Gasteiger partial charge in [0.1, 0.15) is 5.69 Å². The van der Waals surface area contributed by atoms with E-state index >= 15 is 0 Å². The monoisotopic (exact) mass is 419 g/mol. The number of alkyl halides is 3. The highest BCUT2D eigenvalue weighted by molar-refractivity contribution is 7.15. The quantitative estimate of drug-likeness (QED) is 0.534. The predicted molar refractivity (Wildman–Crippen MR) is 103 cm³/mol. The number of imidazole rings is 1. The SMILES string of the molecule is Cc1cc(CN(C)C(=O)c2csc3nc(-c4ccc(C(F)(F)F)cc4)cn23)n[nH]1. The molecule has 0 saturated carbocycles. The summed E-state index contributed by atoms with van der Waals surface area (Å²) in [6.45, 7) is 2.23.